The zero-order valence-corrected chi connectivity index (χ0v) is 17.3. The van der Waals surface area contributed by atoms with Crippen molar-refractivity contribution >= 4 is 34.7 Å². The van der Waals surface area contributed by atoms with E-state index in [1.807, 2.05) is 18.2 Å². The Balaban J connectivity index is 1.65. The maximum atomic E-state index is 12.6. The van der Waals surface area contributed by atoms with Crippen LogP contribution in [0.4, 0.5) is 11.5 Å². The van der Waals surface area contributed by atoms with Gasteiger partial charge >= 0.3 is 0 Å². The highest BCUT2D eigenvalue weighted by molar-refractivity contribution is 7.14. The molecule has 0 spiro atoms. The number of hydrogen-bond donors (Lipinski definition) is 2. The van der Waals surface area contributed by atoms with Crippen molar-refractivity contribution in [2.45, 2.75) is 46.0 Å². The molecule has 28 heavy (non-hydrogen) atoms. The van der Waals surface area contributed by atoms with Crippen LogP contribution in [0.1, 0.15) is 53.2 Å². The van der Waals surface area contributed by atoms with Crippen LogP contribution in [0.25, 0.3) is 0 Å². The van der Waals surface area contributed by atoms with Crippen LogP contribution in [0.2, 0.25) is 0 Å². The second kappa shape index (κ2) is 9.19. The molecule has 0 radical (unpaired) electrons. The lowest BCUT2D eigenvalue weighted by Crippen LogP contribution is -2.41. The van der Waals surface area contributed by atoms with Gasteiger partial charge in [0.15, 0.2) is 0 Å². The Bertz CT molecular complexity index is 831. The third-order valence-corrected chi connectivity index (χ3v) is 6.37. The highest BCUT2D eigenvalue weighted by atomic mass is 32.1. The van der Waals surface area contributed by atoms with Crippen molar-refractivity contribution in [1.82, 2.24) is 4.98 Å². The van der Waals surface area contributed by atoms with Gasteiger partial charge in [0.2, 0.25) is 5.91 Å². The van der Waals surface area contributed by atoms with Gasteiger partial charge in [-0.15, -0.1) is 11.3 Å². The summed E-state index contributed by atoms with van der Waals surface area (Å²) in [5.74, 6) is 0.333. The summed E-state index contributed by atoms with van der Waals surface area (Å²) in [6.45, 7) is 5.73. The average molecular weight is 401 g/mol. The zero-order valence-electron chi connectivity index (χ0n) is 16.5. The van der Waals surface area contributed by atoms with Gasteiger partial charge in [-0.25, -0.2) is 4.98 Å². The van der Waals surface area contributed by atoms with Crippen LogP contribution < -0.4 is 16.0 Å². The van der Waals surface area contributed by atoms with Gasteiger partial charge in [-0.2, -0.15) is 0 Å². The summed E-state index contributed by atoms with van der Waals surface area (Å²) in [5.41, 5.74) is 7.38. The van der Waals surface area contributed by atoms with Crippen LogP contribution in [0.15, 0.2) is 24.4 Å². The summed E-state index contributed by atoms with van der Waals surface area (Å²) in [6.07, 6.45) is 6.46. The van der Waals surface area contributed by atoms with Crippen LogP contribution in [0.3, 0.4) is 0 Å². The Hall–Kier alpha value is -2.41. The first-order valence-corrected chi connectivity index (χ1v) is 10.8. The molecule has 1 aliphatic heterocycles. The Morgan fingerprint density at radius 1 is 1.36 bits per heavy atom. The molecule has 2 amide bonds. The number of rotatable bonds is 7. The molecule has 1 aliphatic rings. The molecule has 7 heteroatoms. The highest BCUT2D eigenvalue weighted by Gasteiger charge is 2.24. The zero-order chi connectivity index (χ0) is 20.1. The quantitative estimate of drug-likeness (QED) is 0.743. The van der Waals surface area contributed by atoms with Gasteiger partial charge in [-0.05, 0) is 49.4 Å². The number of piperidine rings is 1. The molecule has 150 valence electrons. The van der Waals surface area contributed by atoms with Crippen molar-refractivity contribution < 1.29 is 9.59 Å². The lowest BCUT2D eigenvalue weighted by atomic mass is 9.97. The smallest absolute Gasteiger partial charge is 0.265 e. The van der Waals surface area contributed by atoms with Gasteiger partial charge < -0.3 is 16.0 Å². The molecule has 1 saturated heterocycles. The second-order valence-corrected chi connectivity index (χ2v) is 8.35. The minimum absolute atomic E-state index is 0.0941. The summed E-state index contributed by atoms with van der Waals surface area (Å²) in [6, 6.07) is 5.74. The fourth-order valence-electron chi connectivity index (χ4n) is 3.57. The largest absolute Gasteiger partial charge is 0.369 e. The number of amides is 2. The number of carbonyl (C=O) groups is 2. The molecular weight excluding hydrogens is 372 g/mol. The molecule has 3 rings (SSSR count). The van der Waals surface area contributed by atoms with E-state index >= 15 is 0 Å². The maximum absolute atomic E-state index is 12.6. The second-order valence-electron chi connectivity index (χ2n) is 7.21. The fraction of sp³-hybridized carbons (Fsp3) is 0.476. The van der Waals surface area contributed by atoms with Gasteiger partial charge in [0.05, 0.1) is 22.7 Å². The molecule has 1 unspecified atom stereocenters. The van der Waals surface area contributed by atoms with Crippen molar-refractivity contribution in [3.8, 4) is 0 Å². The third kappa shape index (κ3) is 4.70. The normalized spacial score (nSPS) is 16.8. The van der Waals surface area contributed by atoms with Crippen molar-refractivity contribution in [2.24, 2.45) is 11.7 Å². The van der Waals surface area contributed by atoms with Crippen LogP contribution in [0, 0.1) is 5.92 Å². The van der Waals surface area contributed by atoms with Crippen molar-refractivity contribution in [3.05, 3.63) is 39.7 Å². The summed E-state index contributed by atoms with van der Waals surface area (Å²) >= 11 is 1.58. The van der Waals surface area contributed by atoms with Gasteiger partial charge in [0, 0.05) is 18.0 Å². The molecule has 1 fully saturated rings. The SMILES string of the molecule is CCCc1sc(C(=O)Nc2ccc(N3CCCC(C(N)=O)C3)nc2)cc1CC. The third-order valence-electron chi connectivity index (χ3n) is 5.13. The first-order chi connectivity index (χ1) is 13.5. The number of aromatic nitrogens is 1. The van der Waals surface area contributed by atoms with Gasteiger partial charge in [0.1, 0.15) is 5.82 Å². The summed E-state index contributed by atoms with van der Waals surface area (Å²) < 4.78 is 0. The fourth-order valence-corrected chi connectivity index (χ4v) is 4.82. The molecule has 2 aromatic heterocycles. The number of nitrogens with one attached hydrogen (secondary N) is 1. The number of aryl methyl sites for hydroxylation is 2. The molecular formula is C21H28N4O2S. The lowest BCUT2D eigenvalue weighted by molar-refractivity contribution is -0.122. The molecule has 3 N–H and O–H groups in total. The summed E-state index contributed by atoms with van der Waals surface area (Å²) in [4.78, 5) is 32.7. The van der Waals surface area contributed by atoms with Crippen molar-refractivity contribution in [2.75, 3.05) is 23.3 Å². The van der Waals surface area contributed by atoms with E-state index in [9.17, 15) is 9.59 Å². The first-order valence-electron chi connectivity index (χ1n) is 9.95. The van der Waals surface area contributed by atoms with Crippen LogP contribution in [0.5, 0.6) is 0 Å². The van der Waals surface area contributed by atoms with E-state index in [0.29, 0.717) is 12.2 Å². The number of nitrogens with zero attached hydrogens (tertiary/aromatic N) is 2. The monoisotopic (exact) mass is 400 g/mol. The van der Waals surface area contributed by atoms with E-state index < -0.39 is 0 Å². The average Bonchev–Trinajstić information content (AvgIpc) is 3.12. The molecule has 0 saturated carbocycles. The number of thiophene rings is 1. The molecule has 0 bridgehead atoms. The van der Waals surface area contributed by atoms with Gasteiger partial charge in [-0.3, -0.25) is 9.59 Å². The predicted octanol–water partition coefficient (Wildman–Crippen LogP) is 3.61. The van der Waals surface area contributed by atoms with Gasteiger partial charge in [-0.1, -0.05) is 20.3 Å². The maximum Gasteiger partial charge on any atom is 0.265 e. The number of pyridine rings is 1. The first kappa shape index (κ1) is 20.3. The minimum atomic E-state index is -0.251. The van der Waals surface area contributed by atoms with E-state index in [-0.39, 0.29) is 17.7 Å². The Morgan fingerprint density at radius 3 is 2.82 bits per heavy atom. The van der Waals surface area contributed by atoms with E-state index in [0.717, 1.165) is 49.3 Å². The van der Waals surface area contributed by atoms with Crippen LogP contribution in [-0.2, 0) is 17.6 Å². The van der Waals surface area contributed by atoms with E-state index in [2.05, 4.69) is 29.0 Å². The Morgan fingerprint density at radius 2 is 2.18 bits per heavy atom. The Kier molecular flexibility index (Phi) is 6.67. The van der Waals surface area contributed by atoms with Gasteiger partial charge in [0.25, 0.3) is 5.91 Å². The van der Waals surface area contributed by atoms with Crippen LogP contribution in [-0.4, -0.2) is 29.9 Å². The molecule has 3 heterocycles. The summed E-state index contributed by atoms with van der Waals surface area (Å²) in [5, 5.41) is 2.94. The van der Waals surface area contributed by atoms with E-state index in [4.69, 9.17) is 5.73 Å². The topological polar surface area (TPSA) is 88.3 Å². The number of nitrogens with two attached hydrogens (primary N) is 1. The predicted molar refractivity (Wildman–Crippen MR) is 114 cm³/mol. The number of hydrogen-bond acceptors (Lipinski definition) is 5. The van der Waals surface area contributed by atoms with E-state index in [1.165, 1.54) is 10.4 Å². The van der Waals surface area contributed by atoms with E-state index in [1.54, 1.807) is 17.5 Å². The molecule has 0 aromatic carbocycles. The number of primary amides is 1. The minimum Gasteiger partial charge on any atom is -0.369 e. The highest BCUT2D eigenvalue weighted by Crippen LogP contribution is 2.26. The molecule has 0 aliphatic carbocycles. The summed E-state index contributed by atoms with van der Waals surface area (Å²) in [7, 11) is 0. The molecule has 2 aromatic rings. The standard InChI is InChI=1S/C21H28N4O2S/c1-3-6-17-14(4-2)11-18(28-17)21(27)24-16-8-9-19(23-12-16)25-10-5-7-15(13-25)20(22)26/h8-9,11-12,15H,3-7,10,13H2,1-2H3,(H2,22,26)(H,24,27). The van der Waals surface area contributed by atoms with Crippen molar-refractivity contribution in [3.63, 3.8) is 0 Å². The van der Waals surface area contributed by atoms with Crippen LogP contribution >= 0.6 is 11.3 Å². The molecule has 1 atom stereocenters. The van der Waals surface area contributed by atoms with Crippen molar-refractivity contribution in [1.29, 1.82) is 0 Å². The lowest BCUT2D eigenvalue weighted by Gasteiger charge is -2.32. The number of anilines is 2. The Labute approximate surface area is 170 Å². The number of carbonyl (C=O) groups excluding carboxylic acids is 2. The molecule has 6 nitrogen and oxygen atoms in total.